The molecule has 4 nitrogen and oxygen atoms in total. The number of hydrogen-bond acceptors (Lipinski definition) is 3. The number of ether oxygens (including phenoxy) is 1. The number of nitrogens with zero attached hydrogens (tertiary/aromatic N) is 1. The van der Waals surface area contributed by atoms with Crippen LogP contribution in [0.2, 0.25) is 0 Å². The fraction of sp³-hybridized carbons (Fsp3) is 0.562. The summed E-state index contributed by atoms with van der Waals surface area (Å²) in [5, 5.41) is 3.10. The number of piperidine rings is 1. The van der Waals surface area contributed by atoms with E-state index in [9.17, 15) is 4.79 Å². The van der Waals surface area contributed by atoms with Crippen LogP contribution in [0.15, 0.2) is 28.7 Å². The summed E-state index contributed by atoms with van der Waals surface area (Å²) in [5.41, 5.74) is 0. The number of nitrogens with one attached hydrogen (secondary N) is 1. The molecule has 0 radical (unpaired) electrons. The van der Waals surface area contributed by atoms with Crippen molar-refractivity contribution in [2.45, 2.75) is 38.8 Å². The Morgan fingerprint density at radius 1 is 1.43 bits per heavy atom. The fourth-order valence-electron chi connectivity index (χ4n) is 2.50. The van der Waals surface area contributed by atoms with Gasteiger partial charge in [-0.2, -0.15) is 0 Å². The lowest BCUT2D eigenvalue weighted by atomic mass is 10.0. The number of carbonyl (C=O) groups is 1. The minimum atomic E-state index is -0.493. The van der Waals surface area contributed by atoms with Gasteiger partial charge in [-0.05, 0) is 54.4 Å². The van der Waals surface area contributed by atoms with Crippen LogP contribution in [0.5, 0.6) is 5.75 Å². The maximum atomic E-state index is 12.2. The Balaban J connectivity index is 1.82. The number of rotatable bonds is 5. The van der Waals surface area contributed by atoms with E-state index in [2.05, 4.69) is 33.1 Å². The Morgan fingerprint density at radius 3 is 2.71 bits per heavy atom. The first-order valence-corrected chi connectivity index (χ1v) is 8.33. The zero-order valence-electron chi connectivity index (χ0n) is 12.6. The number of para-hydroxylation sites is 1. The molecule has 1 atom stereocenters. The van der Waals surface area contributed by atoms with Crippen molar-refractivity contribution in [3.05, 3.63) is 28.7 Å². The average molecular weight is 355 g/mol. The Hall–Kier alpha value is -1.07. The van der Waals surface area contributed by atoms with E-state index in [0.717, 1.165) is 36.9 Å². The van der Waals surface area contributed by atoms with E-state index >= 15 is 0 Å². The molecule has 1 heterocycles. The van der Waals surface area contributed by atoms with Crippen LogP contribution >= 0.6 is 15.9 Å². The first kappa shape index (κ1) is 16.3. The van der Waals surface area contributed by atoms with Crippen molar-refractivity contribution >= 4 is 21.8 Å². The standard InChI is InChI=1S/C16H23BrN2O2/c1-3-19-10-8-13(9-11-19)18-16(20)12(2)21-15-7-5-4-6-14(15)17/h4-7,12-13H,3,8-11H2,1-2H3,(H,18,20)/t12-/m0/s1. The maximum absolute atomic E-state index is 12.2. The van der Waals surface area contributed by atoms with E-state index in [1.807, 2.05) is 24.3 Å². The molecule has 1 aliphatic heterocycles. The molecule has 0 bridgehead atoms. The molecule has 1 fully saturated rings. The number of benzene rings is 1. The van der Waals surface area contributed by atoms with Gasteiger partial charge >= 0.3 is 0 Å². The molecule has 0 spiro atoms. The van der Waals surface area contributed by atoms with Crippen LogP contribution in [0.1, 0.15) is 26.7 Å². The van der Waals surface area contributed by atoms with Gasteiger partial charge in [-0.3, -0.25) is 4.79 Å². The molecule has 116 valence electrons. The molecule has 1 aromatic carbocycles. The van der Waals surface area contributed by atoms with Crippen LogP contribution in [0.3, 0.4) is 0 Å². The zero-order chi connectivity index (χ0) is 15.2. The summed E-state index contributed by atoms with van der Waals surface area (Å²) in [7, 11) is 0. The van der Waals surface area contributed by atoms with Crippen molar-refractivity contribution < 1.29 is 9.53 Å². The smallest absolute Gasteiger partial charge is 0.260 e. The highest BCUT2D eigenvalue weighted by Crippen LogP contribution is 2.24. The normalized spacial score (nSPS) is 18.2. The molecular weight excluding hydrogens is 332 g/mol. The number of carbonyl (C=O) groups excluding carboxylic acids is 1. The van der Waals surface area contributed by atoms with Crippen LogP contribution in [0.4, 0.5) is 0 Å². The highest BCUT2D eigenvalue weighted by Gasteiger charge is 2.23. The topological polar surface area (TPSA) is 41.6 Å². The van der Waals surface area contributed by atoms with E-state index in [1.54, 1.807) is 6.92 Å². The third kappa shape index (κ3) is 4.71. The second-order valence-electron chi connectivity index (χ2n) is 5.41. The summed E-state index contributed by atoms with van der Waals surface area (Å²) in [6, 6.07) is 7.84. The first-order chi connectivity index (χ1) is 10.1. The second kappa shape index (κ2) is 7.80. The van der Waals surface area contributed by atoms with Crippen molar-refractivity contribution in [1.29, 1.82) is 0 Å². The van der Waals surface area contributed by atoms with Gasteiger partial charge in [0.15, 0.2) is 6.10 Å². The first-order valence-electron chi connectivity index (χ1n) is 7.54. The van der Waals surface area contributed by atoms with Crippen LogP contribution in [0, 0.1) is 0 Å². The molecule has 5 heteroatoms. The van der Waals surface area contributed by atoms with E-state index < -0.39 is 6.10 Å². The fourth-order valence-corrected chi connectivity index (χ4v) is 2.87. The lowest BCUT2D eigenvalue weighted by Gasteiger charge is -2.32. The Kier molecular flexibility index (Phi) is 6.06. The number of likely N-dealkylation sites (tertiary alicyclic amines) is 1. The maximum Gasteiger partial charge on any atom is 0.260 e. The van der Waals surface area contributed by atoms with Crippen LogP contribution in [-0.4, -0.2) is 42.6 Å². The van der Waals surface area contributed by atoms with Gasteiger partial charge in [-0.15, -0.1) is 0 Å². The van der Waals surface area contributed by atoms with Gasteiger partial charge in [-0.1, -0.05) is 19.1 Å². The van der Waals surface area contributed by atoms with Gasteiger partial charge in [0.25, 0.3) is 5.91 Å². The number of hydrogen-bond donors (Lipinski definition) is 1. The van der Waals surface area contributed by atoms with Crippen molar-refractivity contribution in [3.63, 3.8) is 0 Å². The molecule has 1 amide bonds. The predicted molar refractivity (Wildman–Crippen MR) is 87.5 cm³/mol. The molecule has 0 unspecified atom stereocenters. The molecule has 1 aliphatic rings. The van der Waals surface area contributed by atoms with Gasteiger partial charge in [0.1, 0.15) is 5.75 Å². The van der Waals surface area contributed by atoms with Crippen molar-refractivity contribution in [1.82, 2.24) is 10.2 Å². The predicted octanol–water partition coefficient (Wildman–Crippen LogP) is 2.82. The van der Waals surface area contributed by atoms with Crippen molar-refractivity contribution in [2.75, 3.05) is 19.6 Å². The van der Waals surface area contributed by atoms with Crippen molar-refractivity contribution in [3.8, 4) is 5.75 Å². The van der Waals surface area contributed by atoms with E-state index in [4.69, 9.17) is 4.74 Å². The summed E-state index contributed by atoms with van der Waals surface area (Å²) in [5.74, 6) is 0.654. The largest absolute Gasteiger partial charge is 0.480 e. The van der Waals surface area contributed by atoms with Gasteiger partial charge in [0.05, 0.1) is 4.47 Å². The average Bonchev–Trinajstić information content (AvgIpc) is 2.50. The molecule has 0 aliphatic carbocycles. The second-order valence-corrected chi connectivity index (χ2v) is 6.26. The lowest BCUT2D eigenvalue weighted by Crippen LogP contribution is -2.48. The lowest BCUT2D eigenvalue weighted by molar-refractivity contribution is -0.128. The van der Waals surface area contributed by atoms with Gasteiger partial charge < -0.3 is 15.0 Å². The van der Waals surface area contributed by atoms with Crippen LogP contribution in [0.25, 0.3) is 0 Å². The van der Waals surface area contributed by atoms with Gasteiger partial charge in [0.2, 0.25) is 0 Å². The molecule has 0 saturated carbocycles. The summed E-state index contributed by atoms with van der Waals surface area (Å²) in [4.78, 5) is 14.6. The van der Waals surface area contributed by atoms with E-state index in [-0.39, 0.29) is 11.9 Å². The van der Waals surface area contributed by atoms with E-state index in [0.29, 0.717) is 5.75 Å². The quantitative estimate of drug-likeness (QED) is 0.883. The van der Waals surface area contributed by atoms with Crippen LogP contribution < -0.4 is 10.1 Å². The third-order valence-electron chi connectivity index (χ3n) is 3.89. The molecule has 1 saturated heterocycles. The summed E-state index contributed by atoms with van der Waals surface area (Å²) >= 11 is 3.42. The minimum Gasteiger partial charge on any atom is -0.480 e. The van der Waals surface area contributed by atoms with E-state index in [1.165, 1.54) is 0 Å². The number of amides is 1. The van der Waals surface area contributed by atoms with Gasteiger partial charge in [0, 0.05) is 19.1 Å². The Labute approximate surface area is 135 Å². The van der Waals surface area contributed by atoms with Gasteiger partial charge in [-0.25, -0.2) is 0 Å². The third-order valence-corrected chi connectivity index (χ3v) is 4.55. The molecule has 2 rings (SSSR count). The molecule has 1 N–H and O–H groups in total. The zero-order valence-corrected chi connectivity index (χ0v) is 14.2. The van der Waals surface area contributed by atoms with Crippen molar-refractivity contribution in [2.24, 2.45) is 0 Å². The highest BCUT2D eigenvalue weighted by molar-refractivity contribution is 9.10. The monoisotopic (exact) mass is 354 g/mol. The summed E-state index contributed by atoms with van der Waals surface area (Å²) in [6.07, 6.45) is 1.54. The molecule has 21 heavy (non-hydrogen) atoms. The summed E-state index contributed by atoms with van der Waals surface area (Å²) < 4.78 is 6.58. The minimum absolute atomic E-state index is 0.0410. The Morgan fingerprint density at radius 2 is 2.10 bits per heavy atom. The highest BCUT2D eigenvalue weighted by atomic mass is 79.9. The number of halogens is 1. The molecule has 1 aromatic rings. The Bertz CT molecular complexity index is 473. The van der Waals surface area contributed by atoms with Crippen LogP contribution in [-0.2, 0) is 4.79 Å². The molecule has 0 aromatic heterocycles. The SMILES string of the molecule is CCN1CCC(NC(=O)[C@H](C)Oc2ccccc2Br)CC1. The molecular formula is C16H23BrN2O2. The summed E-state index contributed by atoms with van der Waals surface area (Å²) in [6.45, 7) is 7.16.